The summed E-state index contributed by atoms with van der Waals surface area (Å²) in [6.07, 6.45) is 3.20. The third-order valence-electron chi connectivity index (χ3n) is 5.94. The van der Waals surface area contributed by atoms with E-state index in [0.717, 1.165) is 38.8 Å². The number of hydrogen-bond donors (Lipinski definition) is 0. The van der Waals surface area contributed by atoms with Gasteiger partial charge in [-0.25, -0.2) is 0 Å². The molecule has 0 aliphatic heterocycles. The van der Waals surface area contributed by atoms with Gasteiger partial charge in [-0.1, -0.05) is 73.1 Å². The molecular formula is C32H28IrN2OSi-2. The van der Waals surface area contributed by atoms with E-state index < -0.39 is 14.9 Å². The van der Waals surface area contributed by atoms with Gasteiger partial charge in [-0.3, -0.25) is 0 Å². The van der Waals surface area contributed by atoms with Crippen molar-refractivity contribution in [2.45, 2.75) is 26.5 Å². The number of benzene rings is 3. The molecule has 0 amide bonds. The van der Waals surface area contributed by atoms with Gasteiger partial charge in [0.1, 0.15) is 5.58 Å². The maximum absolute atomic E-state index is 7.51. The third-order valence-corrected chi connectivity index (χ3v) is 7.95. The maximum atomic E-state index is 7.51. The molecule has 0 fully saturated rings. The normalized spacial score (nSPS) is 12.6. The summed E-state index contributed by atoms with van der Waals surface area (Å²) in [5.74, 6) is 0. The summed E-state index contributed by atoms with van der Waals surface area (Å²) in [7, 11) is -1.57. The largest absolute Gasteiger partial charge is 0.501 e. The van der Waals surface area contributed by atoms with Crippen LogP contribution in [0.25, 0.3) is 44.5 Å². The predicted molar refractivity (Wildman–Crippen MR) is 152 cm³/mol. The second kappa shape index (κ2) is 11.3. The van der Waals surface area contributed by atoms with Crippen molar-refractivity contribution in [3.05, 3.63) is 115 Å². The van der Waals surface area contributed by atoms with Crippen molar-refractivity contribution < 1.29 is 28.6 Å². The van der Waals surface area contributed by atoms with Gasteiger partial charge in [-0.2, -0.15) is 0 Å². The molecule has 0 spiro atoms. The van der Waals surface area contributed by atoms with Crippen LogP contribution >= 0.6 is 0 Å². The molecule has 6 aromatic rings. The SMILES string of the molecule is [2H]C([2H])([2H])c1ccc(-c2[c-]ccc3c2oc2c([Si](C)(C)C)cccc23)nc1.[Ir].[c-]1ccccc1-c1ccccn1. The minimum absolute atomic E-state index is 0. The number of aromatic nitrogens is 2. The van der Waals surface area contributed by atoms with Gasteiger partial charge in [0, 0.05) is 42.0 Å². The monoisotopic (exact) mass is 680 g/mol. The van der Waals surface area contributed by atoms with Crippen LogP contribution in [0, 0.1) is 19.0 Å². The minimum atomic E-state index is -2.16. The van der Waals surface area contributed by atoms with Crippen LogP contribution in [0.5, 0.6) is 0 Å². The van der Waals surface area contributed by atoms with Crippen molar-refractivity contribution in [3.8, 4) is 22.5 Å². The van der Waals surface area contributed by atoms with Crippen LogP contribution in [-0.2, 0) is 20.1 Å². The zero-order chi connectivity index (χ0) is 27.6. The summed E-state index contributed by atoms with van der Waals surface area (Å²) in [5.41, 5.74) is 5.32. The van der Waals surface area contributed by atoms with Gasteiger partial charge in [-0.15, -0.1) is 54.1 Å². The number of para-hydroxylation sites is 1. The molecule has 0 aliphatic carbocycles. The van der Waals surface area contributed by atoms with Crippen LogP contribution in [0.1, 0.15) is 9.68 Å². The Hall–Kier alpha value is -3.37. The molecule has 1 radical (unpaired) electrons. The zero-order valence-electron chi connectivity index (χ0n) is 23.9. The summed E-state index contributed by atoms with van der Waals surface area (Å²) in [4.78, 5) is 8.58. The Balaban J connectivity index is 0.000000238. The molecule has 187 valence electrons. The number of furan rings is 1. The van der Waals surface area contributed by atoms with Crippen molar-refractivity contribution in [3.63, 3.8) is 0 Å². The van der Waals surface area contributed by atoms with Gasteiger partial charge in [0.25, 0.3) is 0 Å². The second-order valence-electron chi connectivity index (χ2n) is 9.55. The average molecular weight is 680 g/mol. The molecule has 0 saturated heterocycles. The van der Waals surface area contributed by atoms with Gasteiger partial charge < -0.3 is 14.4 Å². The number of fused-ring (bicyclic) bond motifs is 3. The molecule has 0 saturated carbocycles. The van der Waals surface area contributed by atoms with Crippen LogP contribution in [-0.4, -0.2) is 18.0 Å². The van der Waals surface area contributed by atoms with Crippen molar-refractivity contribution >= 4 is 35.2 Å². The summed E-state index contributed by atoms with van der Waals surface area (Å²) in [6, 6.07) is 33.6. The number of pyridine rings is 2. The average Bonchev–Trinajstić information content (AvgIpc) is 3.32. The molecule has 3 aromatic heterocycles. The van der Waals surface area contributed by atoms with Crippen molar-refractivity contribution in [2.75, 3.05) is 0 Å². The number of aryl methyl sites for hydroxylation is 1. The van der Waals surface area contributed by atoms with E-state index in [-0.39, 0.29) is 25.7 Å². The van der Waals surface area contributed by atoms with E-state index in [9.17, 15) is 0 Å². The van der Waals surface area contributed by atoms with E-state index in [1.165, 1.54) is 11.4 Å². The molecule has 0 atom stereocenters. The molecule has 3 nitrogen and oxygen atoms in total. The summed E-state index contributed by atoms with van der Waals surface area (Å²) >= 11 is 0. The van der Waals surface area contributed by atoms with Crippen molar-refractivity contribution in [1.82, 2.24) is 9.97 Å². The molecule has 3 aromatic carbocycles. The van der Waals surface area contributed by atoms with E-state index >= 15 is 0 Å². The first-order valence-electron chi connectivity index (χ1n) is 13.3. The Kier molecular flexibility index (Phi) is 6.99. The van der Waals surface area contributed by atoms with Crippen molar-refractivity contribution in [1.29, 1.82) is 0 Å². The zero-order valence-corrected chi connectivity index (χ0v) is 24.3. The Morgan fingerprint density at radius 3 is 2.27 bits per heavy atom. The fourth-order valence-corrected chi connectivity index (χ4v) is 5.62. The Labute approximate surface area is 237 Å². The fraction of sp³-hybridized carbons (Fsp3) is 0.125. The Bertz CT molecular complexity index is 1680. The van der Waals surface area contributed by atoms with E-state index in [0.29, 0.717) is 5.69 Å². The summed E-state index contributed by atoms with van der Waals surface area (Å²) < 4.78 is 28.9. The number of nitrogens with zero attached hydrogens (tertiary/aromatic N) is 2. The maximum Gasteiger partial charge on any atom is 0.120 e. The van der Waals surface area contributed by atoms with Crippen molar-refractivity contribution in [2.24, 2.45) is 0 Å². The van der Waals surface area contributed by atoms with Gasteiger partial charge in [-0.05, 0) is 35.1 Å². The molecule has 0 unspecified atom stereocenters. The van der Waals surface area contributed by atoms with Crippen LogP contribution in [0.3, 0.4) is 0 Å². The molecule has 5 heteroatoms. The first kappa shape index (κ1) is 22.8. The minimum Gasteiger partial charge on any atom is -0.501 e. The van der Waals surface area contributed by atoms with E-state index in [1.807, 2.05) is 54.6 Å². The van der Waals surface area contributed by atoms with Gasteiger partial charge in [0.05, 0.1) is 13.7 Å². The molecule has 37 heavy (non-hydrogen) atoms. The third kappa shape index (κ3) is 5.80. The quantitative estimate of drug-likeness (QED) is 0.141. The molecular weight excluding hydrogens is 649 g/mol. The molecule has 0 N–H and O–H groups in total. The van der Waals surface area contributed by atoms with Crippen LogP contribution in [0.2, 0.25) is 19.6 Å². The Morgan fingerprint density at radius 1 is 0.757 bits per heavy atom. The molecule has 0 bridgehead atoms. The smallest absolute Gasteiger partial charge is 0.120 e. The Morgan fingerprint density at radius 2 is 1.59 bits per heavy atom. The van der Waals surface area contributed by atoms with E-state index in [2.05, 4.69) is 59.9 Å². The number of rotatable bonds is 3. The topological polar surface area (TPSA) is 38.9 Å². The molecule has 3 heterocycles. The van der Waals surface area contributed by atoms with Gasteiger partial charge in [0.2, 0.25) is 0 Å². The van der Waals surface area contributed by atoms with E-state index in [1.54, 1.807) is 18.3 Å². The van der Waals surface area contributed by atoms with E-state index in [4.69, 9.17) is 8.53 Å². The van der Waals surface area contributed by atoms with Gasteiger partial charge in [0.15, 0.2) is 0 Å². The summed E-state index contributed by atoms with van der Waals surface area (Å²) in [6.45, 7) is 4.75. The fourth-order valence-electron chi connectivity index (χ4n) is 4.16. The molecule has 6 rings (SSSR count). The number of hydrogen-bond acceptors (Lipinski definition) is 3. The standard InChI is InChI=1S/C21H20NOSi.C11H8N.Ir/c1-14-11-12-18(22-13-14)17-9-5-7-15-16-8-6-10-19(24(2,3)4)21(16)23-20(15)17;1-2-6-10(7-3-1)11-8-4-5-9-12-11;/h5-8,10-13H,1-4H3;1-6,8-9H;/q2*-1;/i1D3;;. The van der Waals surface area contributed by atoms with Crippen LogP contribution in [0.15, 0.2) is 102 Å². The molecule has 0 aliphatic rings. The van der Waals surface area contributed by atoms with Gasteiger partial charge >= 0.3 is 0 Å². The summed E-state index contributed by atoms with van der Waals surface area (Å²) in [5, 5.41) is 3.41. The van der Waals surface area contributed by atoms with Crippen LogP contribution in [0.4, 0.5) is 0 Å². The second-order valence-corrected chi connectivity index (χ2v) is 14.6. The van der Waals surface area contributed by atoms with Crippen LogP contribution < -0.4 is 5.19 Å². The first-order valence-corrected chi connectivity index (χ1v) is 15.3. The predicted octanol–water partition coefficient (Wildman–Crippen LogP) is 7.85. The first-order chi connectivity index (χ1) is 18.6.